The molecule has 1 aliphatic rings. The third-order valence-corrected chi connectivity index (χ3v) is 4.30. The van der Waals surface area contributed by atoms with Gasteiger partial charge in [0.15, 0.2) is 0 Å². The second kappa shape index (κ2) is 6.80. The van der Waals surface area contributed by atoms with E-state index < -0.39 is 11.5 Å². The largest absolute Gasteiger partial charge is 0.497 e. The Labute approximate surface area is 125 Å². The van der Waals surface area contributed by atoms with E-state index in [9.17, 15) is 9.90 Å². The summed E-state index contributed by atoms with van der Waals surface area (Å²) >= 11 is 0. The fourth-order valence-corrected chi connectivity index (χ4v) is 3.00. The number of carboxylic acids is 1. The first-order chi connectivity index (χ1) is 10.1. The van der Waals surface area contributed by atoms with Gasteiger partial charge >= 0.3 is 5.97 Å². The first-order valence-electron chi connectivity index (χ1n) is 7.37. The van der Waals surface area contributed by atoms with Gasteiger partial charge in [0.1, 0.15) is 23.6 Å². The lowest BCUT2D eigenvalue weighted by Crippen LogP contribution is -2.51. The number of carboxylic acid groups (broad SMARTS) is 1. The highest BCUT2D eigenvalue weighted by Crippen LogP contribution is 2.32. The standard InChI is InChI=1S/C16H23NO4/c1-3-16(15(18)19)9-4-10-17(16)11-12-21-14-7-5-13(20-2)6-8-14/h5-8H,3-4,9-12H2,1-2H3,(H,18,19). The number of methoxy groups -OCH3 is 1. The molecule has 0 spiro atoms. The Bertz CT molecular complexity index is 474. The number of aliphatic carboxylic acids is 1. The van der Waals surface area contributed by atoms with Crippen molar-refractivity contribution in [2.45, 2.75) is 31.7 Å². The van der Waals surface area contributed by atoms with E-state index in [1.807, 2.05) is 36.1 Å². The number of rotatable bonds is 7. The summed E-state index contributed by atoms with van der Waals surface area (Å²) in [5.74, 6) is 0.845. The van der Waals surface area contributed by atoms with Gasteiger partial charge in [-0.05, 0) is 50.1 Å². The quantitative estimate of drug-likeness (QED) is 0.836. The molecule has 1 aromatic rings. The van der Waals surface area contributed by atoms with Crippen LogP contribution in [0.2, 0.25) is 0 Å². The molecular formula is C16H23NO4. The van der Waals surface area contributed by atoms with Crippen molar-refractivity contribution in [2.24, 2.45) is 0 Å². The van der Waals surface area contributed by atoms with Crippen LogP contribution in [0.5, 0.6) is 11.5 Å². The summed E-state index contributed by atoms with van der Waals surface area (Å²) in [6, 6.07) is 7.40. The monoisotopic (exact) mass is 293 g/mol. The molecule has 0 aromatic heterocycles. The van der Waals surface area contributed by atoms with Gasteiger partial charge in [0, 0.05) is 6.54 Å². The van der Waals surface area contributed by atoms with Gasteiger partial charge in [-0.3, -0.25) is 9.69 Å². The molecule has 0 amide bonds. The normalized spacial score (nSPS) is 22.2. The molecule has 5 heteroatoms. The molecule has 1 aliphatic heterocycles. The highest BCUT2D eigenvalue weighted by Gasteiger charge is 2.45. The van der Waals surface area contributed by atoms with Crippen molar-refractivity contribution >= 4 is 5.97 Å². The summed E-state index contributed by atoms with van der Waals surface area (Å²) in [6.07, 6.45) is 2.29. The van der Waals surface area contributed by atoms with E-state index in [4.69, 9.17) is 9.47 Å². The summed E-state index contributed by atoms with van der Waals surface area (Å²) < 4.78 is 10.8. The van der Waals surface area contributed by atoms with Gasteiger partial charge in [-0.15, -0.1) is 0 Å². The van der Waals surface area contributed by atoms with E-state index in [1.165, 1.54) is 0 Å². The summed E-state index contributed by atoms with van der Waals surface area (Å²) in [6.45, 7) is 3.89. The minimum atomic E-state index is -0.716. The molecular weight excluding hydrogens is 270 g/mol. The average Bonchev–Trinajstić information content (AvgIpc) is 2.92. The molecule has 0 bridgehead atoms. The van der Waals surface area contributed by atoms with Crippen molar-refractivity contribution in [3.05, 3.63) is 24.3 Å². The van der Waals surface area contributed by atoms with Crippen molar-refractivity contribution in [3.8, 4) is 11.5 Å². The number of likely N-dealkylation sites (tertiary alicyclic amines) is 1. The molecule has 21 heavy (non-hydrogen) atoms. The predicted octanol–water partition coefficient (Wildman–Crippen LogP) is 2.40. The number of ether oxygens (including phenoxy) is 2. The number of benzene rings is 1. The lowest BCUT2D eigenvalue weighted by Gasteiger charge is -2.33. The highest BCUT2D eigenvalue weighted by molar-refractivity contribution is 5.79. The average molecular weight is 293 g/mol. The Morgan fingerprint density at radius 2 is 2.00 bits per heavy atom. The van der Waals surface area contributed by atoms with E-state index in [2.05, 4.69) is 0 Å². The summed E-state index contributed by atoms with van der Waals surface area (Å²) in [5, 5.41) is 9.51. The third-order valence-electron chi connectivity index (χ3n) is 4.30. The fraction of sp³-hybridized carbons (Fsp3) is 0.562. The lowest BCUT2D eigenvalue weighted by atomic mass is 9.93. The van der Waals surface area contributed by atoms with Crippen molar-refractivity contribution in [1.82, 2.24) is 4.90 Å². The Morgan fingerprint density at radius 3 is 2.57 bits per heavy atom. The lowest BCUT2D eigenvalue weighted by molar-refractivity contribution is -0.150. The second-order valence-corrected chi connectivity index (χ2v) is 5.30. The molecule has 1 heterocycles. The minimum Gasteiger partial charge on any atom is -0.497 e. The molecule has 116 valence electrons. The minimum absolute atomic E-state index is 0.487. The van der Waals surface area contributed by atoms with Crippen LogP contribution in [-0.2, 0) is 4.79 Å². The van der Waals surface area contributed by atoms with Crippen LogP contribution >= 0.6 is 0 Å². The van der Waals surface area contributed by atoms with E-state index in [0.29, 0.717) is 19.6 Å². The number of hydrogen-bond acceptors (Lipinski definition) is 4. The van der Waals surface area contributed by atoms with E-state index >= 15 is 0 Å². The van der Waals surface area contributed by atoms with E-state index in [1.54, 1.807) is 7.11 Å². The van der Waals surface area contributed by atoms with E-state index in [0.717, 1.165) is 30.9 Å². The van der Waals surface area contributed by atoms with Crippen molar-refractivity contribution in [2.75, 3.05) is 26.8 Å². The predicted molar refractivity (Wildman–Crippen MR) is 80.0 cm³/mol. The number of carbonyl (C=O) groups is 1. The maximum atomic E-state index is 11.6. The molecule has 2 rings (SSSR count). The van der Waals surface area contributed by atoms with Crippen LogP contribution in [0, 0.1) is 0 Å². The first kappa shape index (κ1) is 15.6. The highest BCUT2D eigenvalue weighted by atomic mass is 16.5. The summed E-state index contributed by atoms with van der Waals surface area (Å²) in [7, 11) is 1.62. The maximum absolute atomic E-state index is 11.6. The Hall–Kier alpha value is -1.75. The summed E-state index contributed by atoms with van der Waals surface area (Å²) in [5.41, 5.74) is -0.705. The molecule has 1 atom stereocenters. The van der Waals surface area contributed by atoms with Crippen LogP contribution < -0.4 is 9.47 Å². The number of nitrogens with zero attached hydrogens (tertiary/aromatic N) is 1. The zero-order valence-electron chi connectivity index (χ0n) is 12.7. The van der Waals surface area contributed by atoms with Crippen LogP contribution in [-0.4, -0.2) is 48.3 Å². The molecule has 1 aromatic carbocycles. The fourth-order valence-electron chi connectivity index (χ4n) is 3.00. The van der Waals surface area contributed by atoms with Crippen LogP contribution in [0.1, 0.15) is 26.2 Å². The molecule has 1 fully saturated rings. The van der Waals surface area contributed by atoms with Crippen LogP contribution in [0.25, 0.3) is 0 Å². The Morgan fingerprint density at radius 1 is 1.33 bits per heavy atom. The van der Waals surface area contributed by atoms with Gasteiger partial charge in [0.05, 0.1) is 7.11 Å². The van der Waals surface area contributed by atoms with Gasteiger partial charge in [-0.2, -0.15) is 0 Å². The maximum Gasteiger partial charge on any atom is 0.324 e. The smallest absolute Gasteiger partial charge is 0.324 e. The zero-order valence-corrected chi connectivity index (χ0v) is 12.7. The van der Waals surface area contributed by atoms with Gasteiger partial charge in [-0.25, -0.2) is 0 Å². The van der Waals surface area contributed by atoms with Crippen molar-refractivity contribution < 1.29 is 19.4 Å². The van der Waals surface area contributed by atoms with Crippen LogP contribution in [0.3, 0.4) is 0 Å². The zero-order chi connectivity index (χ0) is 15.3. The SMILES string of the molecule is CCC1(C(=O)O)CCCN1CCOc1ccc(OC)cc1. The Balaban J connectivity index is 1.88. The Kier molecular flexibility index (Phi) is 5.07. The molecule has 1 unspecified atom stereocenters. The first-order valence-corrected chi connectivity index (χ1v) is 7.37. The topological polar surface area (TPSA) is 59.0 Å². The number of hydrogen-bond donors (Lipinski definition) is 1. The molecule has 0 saturated carbocycles. The molecule has 5 nitrogen and oxygen atoms in total. The molecule has 0 aliphatic carbocycles. The molecule has 0 radical (unpaired) electrons. The van der Waals surface area contributed by atoms with Gasteiger partial charge in [0.25, 0.3) is 0 Å². The van der Waals surface area contributed by atoms with Gasteiger partial charge in [-0.1, -0.05) is 6.92 Å². The van der Waals surface area contributed by atoms with Gasteiger partial charge in [0.2, 0.25) is 0 Å². The van der Waals surface area contributed by atoms with Crippen LogP contribution in [0.15, 0.2) is 24.3 Å². The van der Waals surface area contributed by atoms with Crippen molar-refractivity contribution in [1.29, 1.82) is 0 Å². The molecule has 1 saturated heterocycles. The second-order valence-electron chi connectivity index (χ2n) is 5.30. The van der Waals surface area contributed by atoms with Gasteiger partial charge < -0.3 is 14.6 Å². The van der Waals surface area contributed by atoms with Crippen LogP contribution in [0.4, 0.5) is 0 Å². The third kappa shape index (κ3) is 3.29. The van der Waals surface area contributed by atoms with Crippen molar-refractivity contribution in [3.63, 3.8) is 0 Å². The summed E-state index contributed by atoms with van der Waals surface area (Å²) in [4.78, 5) is 13.6. The van der Waals surface area contributed by atoms with E-state index in [-0.39, 0.29) is 0 Å². The molecule has 1 N–H and O–H groups in total.